The number of hydrogen-bond acceptors (Lipinski definition) is 4. The number of hydrogen-bond donors (Lipinski definition) is 2. The molecule has 1 amide bonds. The number of nitrogens with two attached hydrogens (primary N) is 1. The van der Waals surface area contributed by atoms with Crippen molar-refractivity contribution in [2.45, 2.75) is 4.90 Å². The van der Waals surface area contributed by atoms with Crippen LogP contribution in [-0.4, -0.2) is 15.9 Å². The van der Waals surface area contributed by atoms with Crippen LogP contribution in [0.1, 0.15) is 11.9 Å². The zero-order valence-corrected chi connectivity index (χ0v) is 9.11. The van der Waals surface area contributed by atoms with E-state index in [1.807, 2.05) is 0 Å². The van der Waals surface area contributed by atoms with Gasteiger partial charge in [-0.1, -0.05) is 18.2 Å². The predicted octanol–water partition coefficient (Wildman–Crippen LogP) is 1.53. The van der Waals surface area contributed by atoms with Crippen LogP contribution in [0.2, 0.25) is 0 Å². The first-order valence-electron chi connectivity index (χ1n) is 5.01. The minimum absolute atomic E-state index is 0.117. The normalized spacial score (nSPS) is 10.9. The Morgan fingerprint density at radius 1 is 1.44 bits per heavy atom. The van der Waals surface area contributed by atoms with Crippen molar-refractivity contribution < 1.29 is 6.17 Å². The van der Waals surface area contributed by atoms with E-state index >= 15 is 0 Å². The Morgan fingerprint density at radius 2 is 2.25 bits per heavy atom. The van der Waals surface area contributed by atoms with E-state index in [9.17, 15) is 4.79 Å². The van der Waals surface area contributed by atoms with Gasteiger partial charge in [0.1, 0.15) is 5.69 Å². The minimum atomic E-state index is -0.628. The molecule has 4 nitrogen and oxygen atoms in total. The molecule has 0 atom stereocenters. The molecule has 16 heavy (non-hydrogen) atoms. The van der Waals surface area contributed by atoms with Gasteiger partial charge in [0.2, 0.25) is 0 Å². The molecule has 0 unspecified atom stereocenters. The van der Waals surface area contributed by atoms with Gasteiger partial charge >= 0.3 is 0 Å². The lowest BCUT2D eigenvalue weighted by atomic mass is 10.2. The average Bonchev–Trinajstić information content (AvgIpc) is 2.29. The summed E-state index contributed by atoms with van der Waals surface area (Å²) in [6.07, 6.45) is 1.43. The third-order valence-corrected chi connectivity index (χ3v) is 2.34. The third-order valence-electron chi connectivity index (χ3n) is 1.97. The monoisotopic (exact) mass is 232 g/mol. The molecule has 2 N–H and O–H groups in total. The van der Waals surface area contributed by atoms with Crippen LogP contribution in [0.4, 0.5) is 0 Å². The summed E-state index contributed by atoms with van der Waals surface area (Å²) >= 11 is 4.25. The lowest BCUT2D eigenvalue weighted by Gasteiger charge is -2.03. The summed E-state index contributed by atoms with van der Waals surface area (Å²) in [6, 6.07) is 6.73. The Bertz CT molecular complexity index is 568. The molecular weight excluding hydrogens is 222 g/mol. The second kappa shape index (κ2) is 4.32. The highest BCUT2D eigenvalue weighted by Gasteiger charge is 2.08. The molecular formula is C11H9N3OS. The van der Waals surface area contributed by atoms with Crippen LogP contribution in [0.25, 0.3) is 11.4 Å². The Balaban J connectivity index is 2.61. The third kappa shape index (κ3) is 2.04. The zero-order chi connectivity index (χ0) is 12.4. The van der Waals surface area contributed by atoms with E-state index in [1.165, 1.54) is 12.3 Å². The Hall–Kier alpha value is -1.88. The second-order valence-electron chi connectivity index (χ2n) is 3.06. The summed E-state index contributed by atoms with van der Waals surface area (Å²) in [7, 11) is 0. The van der Waals surface area contributed by atoms with Gasteiger partial charge in [0.05, 0.1) is 1.37 Å². The Labute approximate surface area is 99.4 Å². The number of rotatable bonds is 2. The van der Waals surface area contributed by atoms with Crippen LogP contribution in [-0.2, 0) is 0 Å². The number of benzene rings is 1. The largest absolute Gasteiger partial charge is 0.364 e. The number of carbonyl (C=O) groups excluding carboxylic acids is 1. The summed E-state index contributed by atoms with van der Waals surface area (Å²) in [4.78, 5) is 19.6. The summed E-state index contributed by atoms with van der Waals surface area (Å²) in [5.74, 6) is -0.353. The van der Waals surface area contributed by atoms with Crippen LogP contribution in [0.5, 0.6) is 0 Å². The van der Waals surface area contributed by atoms with Crippen LogP contribution in [0.15, 0.2) is 41.4 Å². The number of carbonyl (C=O) groups is 1. The maximum absolute atomic E-state index is 11.0. The zero-order valence-electron chi connectivity index (χ0n) is 9.21. The van der Waals surface area contributed by atoms with Gasteiger partial charge < -0.3 is 5.73 Å². The second-order valence-corrected chi connectivity index (χ2v) is 3.54. The molecule has 2 aromatic rings. The van der Waals surface area contributed by atoms with Crippen molar-refractivity contribution in [2.24, 2.45) is 5.73 Å². The van der Waals surface area contributed by atoms with E-state index in [2.05, 4.69) is 22.6 Å². The average molecular weight is 232 g/mol. The molecule has 0 bridgehead atoms. The molecule has 0 aliphatic rings. The van der Waals surface area contributed by atoms with Gasteiger partial charge in [-0.15, -0.1) is 12.6 Å². The summed E-state index contributed by atoms with van der Waals surface area (Å²) in [5, 5.41) is 0. The summed E-state index contributed by atoms with van der Waals surface area (Å²) in [5.41, 5.74) is 5.74. The highest BCUT2D eigenvalue weighted by atomic mass is 32.1. The Kier molecular flexibility index (Phi) is 2.53. The Morgan fingerprint density at radius 3 is 2.94 bits per heavy atom. The van der Waals surface area contributed by atoms with Gasteiger partial charge in [0.15, 0.2) is 5.82 Å². The molecule has 1 heterocycles. The molecule has 2 rings (SSSR count). The predicted molar refractivity (Wildman–Crippen MR) is 63.2 cm³/mol. The number of nitrogens with zero attached hydrogens (tertiary/aromatic N) is 2. The van der Waals surface area contributed by atoms with Crippen LogP contribution < -0.4 is 5.73 Å². The molecule has 0 fully saturated rings. The molecule has 5 heteroatoms. The first-order valence-corrected chi connectivity index (χ1v) is 4.96. The fraction of sp³-hybridized carbons (Fsp3) is 0. The molecule has 1 aromatic heterocycles. The van der Waals surface area contributed by atoms with E-state index < -0.39 is 5.91 Å². The molecule has 0 saturated carbocycles. The molecule has 80 valence electrons. The molecule has 0 radical (unpaired) electrons. The minimum Gasteiger partial charge on any atom is -0.364 e. The van der Waals surface area contributed by atoms with Crippen molar-refractivity contribution in [3.05, 3.63) is 42.2 Å². The topological polar surface area (TPSA) is 68.9 Å². The number of primary amides is 1. The molecule has 0 saturated heterocycles. The summed E-state index contributed by atoms with van der Waals surface area (Å²) in [6.45, 7) is 0. The van der Waals surface area contributed by atoms with Crippen molar-refractivity contribution in [1.29, 1.82) is 0 Å². The van der Waals surface area contributed by atoms with Crippen molar-refractivity contribution in [2.75, 3.05) is 0 Å². The molecule has 0 aliphatic heterocycles. The number of amides is 1. The molecule has 1 aromatic carbocycles. The van der Waals surface area contributed by atoms with E-state index in [0.717, 1.165) is 0 Å². The smallest absolute Gasteiger partial charge is 0.267 e. The quantitative estimate of drug-likeness (QED) is 0.771. The van der Waals surface area contributed by atoms with Gasteiger partial charge in [0, 0.05) is 16.7 Å². The van der Waals surface area contributed by atoms with Crippen molar-refractivity contribution >= 4 is 18.5 Å². The number of thiol groups is 1. The van der Waals surface area contributed by atoms with Crippen molar-refractivity contribution in [1.82, 2.24) is 9.97 Å². The fourth-order valence-corrected chi connectivity index (χ4v) is 1.47. The highest BCUT2D eigenvalue weighted by Crippen LogP contribution is 2.22. The molecule has 0 aliphatic carbocycles. The van der Waals surface area contributed by atoms with Crippen molar-refractivity contribution in [3.63, 3.8) is 0 Å². The highest BCUT2D eigenvalue weighted by molar-refractivity contribution is 7.80. The lowest BCUT2D eigenvalue weighted by molar-refractivity contribution is 0.0995. The molecule has 0 spiro atoms. The van der Waals surface area contributed by atoms with Gasteiger partial charge in [0.25, 0.3) is 5.91 Å². The van der Waals surface area contributed by atoms with E-state index in [4.69, 9.17) is 7.10 Å². The first-order chi connectivity index (χ1) is 8.09. The van der Waals surface area contributed by atoms with E-state index in [1.54, 1.807) is 18.2 Å². The van der Waals surface area contributed by atoms with Crippen molar-refractivity contribution in [3.8, 4) is 11.4 Å². The van der Waals surface area contributed by atoms with E-state index in [-0.39, 0.29) is 17.6 Å². The lowest BCUT2D eigenvalue weighted by Crippen LogP contribution is -2.13. The van der Waals surface area contributed by atoms with Crippen LogP contribution in [0.3, 0.4) is 0 Å². The standard InChI is InChI=1S/C11H9N3OS/c12-10(15)8-5-6-13-11(14-8)7-3-1-2-4-9(7)16/h1-6,16H,(H2,12,15)/i3D. The van der Waals surface area contributed by atoms with Crippen LogP contribution >= 0.6 is 12.6 Å². The number of aromatic nitrogens is 2. The maximum Gasteiger partial charge on any atom is 0.267 e. The summed E-state index contributed by atoms with van der Waals surface area (Å²) < 4.78 is 7.78. The van der Waals surface area contributed by atoms with Gasteiger partial charge in [-0.25, -0.2) is 9.97 Å². The SMILES string of the molecule is [2H]c1cccc(S)c1-c1nccc(C(N)=O)n1. The fourth-order valence-electron chi connectivity index (χ4n) is 1.22. The maximum atomic E-state index is 11.0. The van der Waals surface area contributed by atoms with Crippen LogP contribution in [0, 0.1) is 0 Å². The van der Waals surface area contributed by atoms with Gasteiger partial charge in [-0.3, -0.25) is 4.79 Å². The van der Waals surface area contributed by atoms with E-state index in [0.29, 0.717) is 10.5 Å². The first kappa shape index (κ1) is 9.35. The van der Waals surface area contributed by atoms with Gasteiger partial charge in [-0.05, 0) is 12.1 Å². The van der Waals surface area contributed by atoms with Gasteiger partial charge in [-0.2, -0.15) is 0 Å².